The molecule has 2 unspecified atom stereocenters. The molecule has 9 nitrogen and oxygen atoms in total. The zero-order chi connectivity index (χ0) is 41.5. The van der Waals surface area contributed by atoms with Crippen LogP contribution in [0.2, 0.25) is 0 Å². The van der Waals surface area contributed by atoms with Gasteiger partial charge in [0.1, 0.15) is 11.6 Å². The number of nitrogens with zero attached hydrogens (tertiary/aromatic N) is 6. The lowest BCUT2D eigenvalue weighted by atomic mass is 9.78. The quantitative estimate of drug-likeness (QED) is 0.122. The van der Waals surface area contributed by atoms with Crippen molar-refractivity contribution in [3.63, 3.8) is 0 Å². The minimum Gasteiger partial charge on any atom is -0.354 e. The van der Waals surface area contributed by atoms with E-state index >= 15 is 0 Å². The highest BCUT2D eigenvalue weighted by Gasteiger charge is 2.30. The van der Waals surface area contributed by atoms with E-state index in [1.807, 2.05) is 12.4 Å². The van der Waals surface area contributed by atoms with Crippen molar-refractivity contribution >= 4 is 28.5 Å². The van der Waals surface area contributed by atoms with E-state index in [0.717, 1.165) is 126 Å². The van der Waals surface area contributed by atoms with Crippen molar-refractivity contribution < 1.29 is 0 Å². The molecular weight excluding hydrogens is 739 g/mol. The topological polar surface area (TPSA) is 100 Å². The lowest BCUT2D eigenvalue weighted by Crippen LogP contribution is -2.20. The molecule has 0 fully saturated rings. The summed E-state index contributed by atoms with van der Waals surface area (Å²) < 4.78 is 6.88. The Labute approximate surface area is 353 Å². The lowest BCUT2D eigenvalue weighted by Gasteiger charge is -2.29. The van der Waals surface area contributed by atoms with Crippen molar-refractivity contribution in [3.05, 3.63) is 164 Å². The fraction of sp³-hybridized carbons (Fsp3) is 0.353. The van der Waals surface area contributed by atoms with Gasteiger partial charge < -0.3 is 28.7 Å². The number of nitrogens with one attached hydrogen (secondary N) is 3. The number of aryl methyl sites for hydroxylation is 4. The van der Waals surface area contributed by atoms with E-state index in [9.17, 15) is 0 Å². The molecule has 3 N–H and O–H groups in total. The van der Waals surface area contributed by atoms with Crippen LogP contribution in [0, 0.1) is 11.8 Å². The Morgan fingerprint density at radius 1 is 0.667 bits per heavy atom. The second kappa shape index (κ2) is 16.5. The highest BCUT2D eigenvalue weighted by molar-refractivity contribution is 5.89. The molecule has 1 aliphatic carbocycles. The van der Waals surface area contributed by atoms with Crippen LogP contribution in [0.3, 0.4) is 0 Å². The van der Waals surface area contributed by atoms with Crippen LogP contribution in [0.4, 0.5) is 0 Å². The second-order valence-corrected chi connectivity index (χ2v) is 16.4. The monoisotopic (exact) mass is 797 g/mol. The molecule has 6 aromatic heterocycles. The molecule has 9 heteroatoms. The average molecular weight is 798 g/mol. The molecule has 8 bridgehead atoms. The number of imidazole rings is 2. The summed E-state index contributed by atoms with van der Waals surface area (Å²) in [5.74, 6) is 2.58. The first-order valence-corrected chi connectivity index (χ1v) is 22.4. The summed E-state index contributed by atoms with van der Waals surface area (Å²) >= 11 is 0. The maximum atomic E-state index is 5.30. The van der Waals surface area contributed by atoms with Crippen LogP contribution in [0.15, 0.2) is 113 Å². The molecule has 0 amide bonds. The summed E-state index contributed by atoms with van der Waals surface area (Å²) in [5, 5.41) is 2.05. The number of rotatable bonds is 11. The predicted molar refractivity (Wildman–Crippen MR) is 245 cm³/mol. The van der Waals surface area contributed by atoms with Gasteiger partial charge in [-0.3, -0.25) is 4.99 Å². The van der Waals surface area contributed by atoms with Crippen LogP contribution in [0.1, 0.15) is 126 Å². The van der Waals surface area contributed by atoms with Gasteiger partial charge in [-0.1, -0.05) is 39.8 Å². The fourth-order valence-electron chi connectivity index (χ4n) is 9.80. The SMILES string of the molecule is CCc1ccn(CC)c1C1=c2ccc([nH]2)=C(c2nccn2CC)c2ccc([nH]2)C(c2nccn2CC)=C2C=CC(=C(C3=C(C(C)CC)CCC=N3)c3ccc1[nH]3)CC2CC. The summed E-state index contributed by atoms with van der Waals surface area (Å²) in [5.41, 5.74) is 16.6. The summed E-state index contributed by atoms with van der Waals surface area (Å²) in [4.78, 5) is 27.3. The van der Waals surface area contributed by atoms with Gasteiger partial charge in [0.25, 0.3) is 0 Å². The van der Waals surface area contributed by atoms with Crippen molar-refractivity contribution in [3.8, 4) is 0 Å². The normalized spacial score (nSPS) is 17.5. The first-order chi connectivity index (χ1) is 29.4. The number of fused-ring (bicyclic) bond motifs is 1. The summed E-state index contributed by atoms with van der Waals surface area (Å²) in [6.07, 6.45) is 23.1. The van der Waals surface area contributed by atoms with Crippen LogP contribution >= 0.6 is 0 Å². The molecule has 0 spiro atoms. The number of hydrogen-bond donors (Lipinski definition) is 3. The molecule has 0 radical (unpaired) electrons. The van der Waals surface area contributed by atoms with Crippen molar-refractivity contribution in [1.29, 1.82) is 0 Å². The zero-order valence-corrected chi connectivity index (χ0v) is 36.4. The molecule has 0 saturated heterocycles. The Balaban J connectivity index is 1.45. The average Bonchev–Trinajstić information content (AvgIpc) is 4.15. The van der Waals surface area contributed by atoms with Gasteiger partial charge in [-0.05, 0) is 136 Å². The van der Waals surface area contributed by atoms with E-state index in [1.165, 1.54) is 33.5 Å². The highest BCUT2D eigenvalue weighted by atomic mass is 15.1. The number of aromatic amines is 3. The van der Waals surface area contributed by atoms with Gasteiger partial charge in [-0.15, -0.1) is 0 Å². The summed E-state index contributed by atoms with van der Waals surface area (Å²) in [6.45, 7) is 18.4. The largest absolute Gasteiger partial charge is 0.354 e. The first kappa shape index (κ1) is 39.4. The van der Waals surface area contributed by atoms with E-state index in [-0.39, 0.29) is 5.92 Å². The summed E-state index contributed by atoms with van der Waals surface area (Å²) in [6, 6.07) is 15.8. The van der Waals surface area contributed by atoms with E-state index in [0.29, 0.717) is 5.92 Å². The van der Waals surface area contributed by atoms with Gasteiger partial charge in [-0.2, -0.15) is 0 Å². The third-order valence-electron chi connectivity index (χ3n) is 13.2. The fourth-order valence-corrected chi connectivity index (χ4v) is 9.80. The Morgan fingerprint density at radius 3 is 1.92 bits per heavy atom. The Kier molecular flexibility index (Phi) is 10.8. The zero-order valence-electron chi connectivity index (χ0n) is 36.4. The molecule has 6 aromatic rings. The smallest absolute Gasteiger partial charge is 0.144 e. The van der Waals surface area contributed by atoms with Crippen LogP contribution in [-0.2, 0) is 26.1 Å². The van der Waals surface area contributed by atoms with Gasteiger partial charge in [-0.25, -0.2) is 9.97 Å². The molecule has 0 aromatic carbocycles. The van der Waals surface area contributed by atoms with Gasteiger partial charge >= 0.3 is 0 Å². The molecule has 2 atom stereocenters. The number of hydrogen-bond acceptors (Lipinski definition) is 3. The van der Waals surface area contributed by atoms with E-state index < -0.39 is 0 Å². The van der Waals surface area contributed by atoms with E-state index in [2.05, 4.69) is 157 Å². The molecule has 4 aliphatic rings. The highest BCUT2D eigenvalue weighted by Crippen LogP contribution is 2.44. The van der Waals surface area contributed by atoms with Crippen LogP contribution in [0.25, 0.3) is 22.3 Å². The standard InChI is InChI=1S/C51H59N9/c1-8-32(7)36-15-14-25-52-48(36)44-35-16-17-37(34(10-3)31-35)45(50-53-26-29-59(50)12-5)39-19-22-42(56-39)47(51-54-27-30-60(51)13-6)43-23-21-41(57-43)46(40-20-18-38(44)55-40)49-33(9-2)24-28-58(49)11-4/h16-30,32,34,55-57H,8-15,31H2,1-7H3. The van der Waals surface area contributed by atoms with Crippen molar-refractivity contribution in [2.24, 2.45) is 16.8 Å². The minimum atomic E-state index is 0.254. The maximum Gasteiger partial charge on any atom is 0.144 e. The maximum absolute atomic E-state index is 5.30. The molecule has 60 heavy (non-hydrogen) atoms. The number of aromatic nitrogens is 8. The molecule has 308 valence electrons. The van der Waals surface area contributed by atoms with Crippen LogP contribution < -0.4 is 10.7 Å². The van der Waals surface area contributed by atoms with E-state index in [1.54, 1.807) is 0 Å². The molecule has 3 aliphatic heterocycles. The third-order valence-corrected chi connectivity index (χ3v) is 13.2. The van der Waals surface area contributed by atoms with Gasteiger partial charge in [0.15, 0.2) is 0 Å². The molecular formula is C51H59N9. The Morgan fingerprint density at radius 2 is 1.28 bits per heavy atom. The first-order valence-electron chi connectivity index (χ1n) is 22.4. The number of H-pyrrole nitrogens is 3. The van der Waals surface area contributed by atoms with E-state index in [4.69, 9.17) is 15.0 Å². The predicted octanol–water partition coefficient (Wildman–Crippen LogP) is 9.70. The molecule has 0 saturated carbocycles. The Bertz CT molecular complexity index is 2820. The van der Waals surface area contributed by atoms with Crippen molar-refractivity contribution in [1.82, 2.24) is 38.6 Å². The summed E-state index contributed by atoms with van der Waals surface area (Å²) in [7, 11) is 0. The van der Waals surface area contributed by atoms with Crippen LogP contribution in [-0.4, -0.2) is 44.8 Å². The number of aliphatic imine (C=N–C) groups is 1. The third kappa shape index (κ3) is 6.68. The molecule has 9 heterocycles. The van der Waals surface area contributed by atoms with Crippen molar-refractivity contribution in [2.75, 3.05) is 0 Å². The van der Waals surface area contributed by atoms with Crippen LogP contribution in [0.5, 0.6) is 0 Å². The van der Waals surface area contributed by atoms with Gasteiger partial charge in [0, 0.05) is 84.9 Å². The molecule has 10 rings (SSSR count). The lowest BCUT2D eigenvalue weighted by molar-refractivity contribution is 0.594. The Hall–Kier alpha value is -6.09. The van der Waals surface area contributed by atoms with Gasteiger partial charge in [0.05, 0.1) is 39.1 Å². The van der Waals surface area contributed by atoms with Crippen molar-refractivity contribution in [2.45, 2.75) is 107 Å². The minimum absolute atomic E-state index is 0.254. The number of allylic oxidation sites excluding steroid dienone is 6. The second-order valence-electron chi connectivity index (χ2n) is 16.4. The van der Waals surface area contributed by atoms with Gasteiger partial charge in [0.2, 0.25) is 0 Å².